The highest BCUT2D eigenvalue weighted by Crippen LogP contribution is 2.15. The second-order valence-corrected chi connectivity index (χ2v) is 5.10. The number of nitrogens with two attached hydrogens (primary N) is 1. The van der Waals surface area contributed by atoms with E-state index in [-0.39, 0.29) is 23.1 Å². The van der Waals surface area contributed by atoms with Crippen molar-refractivity contribution in [1.82, 2.24) is 30.7 Å². The van der Waals surface area contributed by atoms with Gasteiger partial charge in [0.25, 0.3) is 5.91 Å². The molecule has 0 unspecified atom stereocenters. The minimum absolute atomic E-state index is 0.0293. The highest BCUT2D eigenvalue weighted by molar-refractivity contribution is 6.01. The summed E-state index contributed by atoms with van der Waals surface area (Å²) in [6, 6.07) is 6.50. The van der Waals surface area contributed by atoms with Gasteiger partial charge in [0, 0.05) is 5.56 Å². The monoisotopic (exact) mass is 342 g/mol. The highest BCUT2D eigenvalue weighted by atomic mass is 16.6. The van der Waals surface area contributed by atoms with E-state index in [4.69, 9.17) is 5.73 Å². The summed E-state index contributed by atoms with van der Waals surface area (Å²) in [5, 5.41) is 28.2. The maximum absolute atomic E-state index is 12.5. The van der Waals surface area contributed by atoms with Crippen LogP contribution in [0.1, 0.15) is 28.7 Å². The van der Waals surface area contributed by atoms with Crippen LogP contribution in [-0.4, -0.2) is 42.0 Å². The Morgan fingerprint density at radius 3 is 2.88 bits per heavy atom. The number of nitrogens with one attached hydrogen (secondary N) is 1. The van der Waals surface area contributed by atoms with E-state index >= 15 is 0 Å². The SMILES string of the molecule is C/C(=N\NC(=O)c1c(C)nnn1-c1nonc1N)c1cccc(O)c1. The Hall–Kier alpha value is -3.76. The van der Waals surface area contributed by atoms with E-state index in [0.717, 1.165) is 4.68 Å². The number of nitrogen functional groups attached to an aromatic ring is 1. The fourth-order valence-corrected chi connectivity index (χ4v) is 2.09. The van der Waals surface area contributed by atoms with Gasteiger partial charge in [-0.2, -0.15) is 9.78 Å². The third kappa shape index (κ3) is 3.15. The molecule has 3 rings (SSSR count). The lowest BCUT2D eigenvalue weighted by molar-refractivity contribution is 0.0946. The molecule has 0 aliphatic carbocycles. The third-order valence-corrected chi connectivity index (χ3v) is 3.34. The summed E-state index contributed by atoms with van der Waals surface area (Å²) in [5.41, 5.74) is 9.65. The first-order valence-electron chi connectivity index (χ1n) is 7.12. The van der Waals surface area contributed by atoms with Crippen LogP contribution in [0.2, 0.25) is 0 Å². The van der Waals surface area contributed by atoms with Crippen LogP contribution in [0, 0.1) is 6.92 Å². The number of aryl methyl sites for hydroxylation is 1. The van der Waals surface area contributed by atoms with Gasteiger partial charge >= 0.3 is 0 Å². The van der Waals surface area contributed by atoms with Crippen LogP contribution in [0.5, 0.6) is 5.75 Å². The van der Waals surface area contributed by atoms with Gasteiger partial charge < -0.3 is 10.8 Å². The first-order chi connectivity index (χ1) is 12.0. The van der Waals surface area contributed by atoms with Crippen molar-refractivity contribution >= 4 is 17.4 Å². The van der Waals surface area contributed by atoms with Crippen LogP contribution in [0.4, 0.5) is 5.82 Å². The van der Waals surface area contributed by atoms with Gasteiger partial charge in [-0.15, -0.1) is 5.10 Å². The van der Waals surface area contributed by atoms with E-state index in [0.29, 0.717) is 17.0 Å². The highest BCUT2D eigenvalue weighted by Gasteiger charge is 2.22. The number of amides is 1. The van der Waals surface area contributed by atoms with Crippen LogP contribution >= 0.6 is 0 Å². The van der Waals surface area contributed by atoms with Crippen LogP contribution in [0.25, 0.3) is 5.82 Å². The zero-order valence-corrected chi connectivity index (χ0v) is 13.3. The minimum atomic E-state index is -0.565. The summed E-state index contributed by atoms with van der Waals surface area (Å²) in [4.78, 5) is 12.5. The number of rotatable bonds is 4. The van der Waals surface area contributed by atoms with Gasteiger partial charge in [-0.1, -0.05) is 17.3 Å². The van der Waals surface area contributed by atoms with E-state index in [1.165, 1.54) is 6.07 Å². The lowest BCUT2D eigenvalue weighted by atomic mass is 10.1. The number of phenolic OH excluding ortho intramolecular Hbond substituents is 1. The van der Waals surface area contributed by atoms with E-state index in [1.54, 1.807) is 32.0 Å². The number of aromatic hydroxyl groups is 1. The second kappa shape index (κ2) is 6.39. The van der Waals surface area contributed by atoms with Crippen molar-refractivity contribution in [2.24, 2.45) is 5.10 Å². The van der Waals surface area contributed by atoms with Gasteiger partial charge in [0.2, 0.25) is 11.6 Å². The number of carbonyl (C=O) groups is 1. The van der Waals surface area contributed by atoms with Crippen molar-refractivity contribution < 1.29 is 14.5 Å². The standard InChI is InChI=1S/C14H14N8O3/c1-7(9-4-3-5-10(23)6-9)16-18-14(24)11-8(2)17-21-22(11)13-12(15)19-25-20-13/h3-6,23H,1-2H3,(H2,15,19)(H,18,24)/b16-7+. The first-order valence-corrected chi connectivity index (χ1v) is 7.12. The van der Waals surface area contributed by atoms with Gasteiger partial charge in [0.05, 0.1) is 11.4 Å². The number of benzene rings is 1. The molecule has 0 fully saturated rings. The molecule has 11 nitrogen and oxygen atoms in total. The Kier molecular flexibility index (Phi) is 4.12. The summed E-state index contributed by atoms with van der Waals surface area (Å²) in [6.45, 7) is 3.30. The van der Waals surface area contributed by atoms with Crippen molar-refractivity contribution in [2.75, 3.05) is 5.73 Å². The molecule has 0 aliphatic rings. The molecule has 11 heteroatoms. The maximum atomic E-state index is 12.5. The van der Waals surface area contributed by atoms with E-state index < -0.39 is 5.91 Å². The van der Waals surface area contributed by atoms with Gasteiger partial charge in [-0.3, -0.25) is 4.79 Å². The summed E-state index contributed by atoms with van der Waals surface area (Å²) >= 11 is 0. The number of anilines is 1. The average Bonchev–Trinajstić information content (AvgIpc) is 3.17. The number of hydrogen-bond donors (Lipinski definition) is 3. The van der Waals surface area contributed by atoms with Gasteiger partial charge in [0.1, 0.15) is 5.75 Å². The third-order valence-electron chi connectivity index (χ3n) is 3.34. The van der Waals surface area contributed by atoms with Crippen molar-refractivity contribution in [3.8, 4) is 11.6 Å². The molecule has 4 N–H and O–H groups in total. The number of aromatic nitrogens is 5. The van der Waals surface area contributed by atoms with Crippen molar-refractivity contribution in [3.63, 3.8) is 0 Å². The van der Waals surface area contributed by atoms with Crippen LogP contribution in [0.15, 0.2) is 34.0 Å². The second-order valence-electron chi connectivity index (χ2n) is 5.10. The number of hydrogen-bond acceptors (Lipinski definition) is 9. The van der Waals surface area contributed by atoms with Gasteiger partial charge in [-0.05, 0) is 36.3 Å². The Labute approximate surface area is 141 Å². The molecule has 0 bridgehead atoms. The summed E-state index contributed by atoms with van der Waals surface area (Å²) in [7, 11) is 0. The predicted molar refractivity (Wildman–Crippen MR) is 86.1 cm³/mol. The molecule has 3 aromatic rings. The van der Waals surface area contributed by atoms with Crippen LogP contribution in [-0.2, 0) is 0 Å². The number of phenols is 1. The first kappa shape index (κ1) is 16.1. The normalized spacial score (nSPS) is 11.5. The van der Waals surface area contributed by atoms with Crippen molar-refractivity contribution in [2.45, 2.75) is 13.8 Å². The quantitative estimate of drug-likeness (QED) is 0.454. The van der Waals surface area contributed by atoms with E-state index in [2.05, 4.69) is 35.8 Å². The summed E-state index contributed by atoms with van der Waals surface area (Å²) in [6.07, 6.45) is 0. The fourth-order valence-electron chi connectivity index (χ4n) is 2.09. The maximum Gasteiger partial charge on any atom is 0.292 e. The molecule has 0 atom stereocenters. The lowest BCUT2D eigenvalue weighted by Gasteiger charge is -2.05. The molecule has 1 aromatic carbocycles. The molecular weight excluding hydrogens is 328 g/mol. The Balaban J connectivity index is 1.86. The van der Waals surface area contributed by atoms with E-state index in [9.17, 15) is 9.90 Å². The molecular formula is C14H14N8O3. The minimum Gasteiger partial charge on any atom is -0.508 e. The van der Waals surface area contributed by atoms with Gasteiger partial charge in [0.15, 0.2) is 5.69 Å². The molecule has 0 saturated carbocycles. The molecule has 0 aliphatic heterocycles. The fraction of sp³-hybridized carbons (Fsp3) is 0.143. The van der Waals surface area contributed by atoms with Crippen LogP contribution in [0.3, 0.4) is 0 Å². The molecule has 1 amide bonds. The Morgan fingerprint density at radius 1 is 1.40 bits per heavy atom. The molecule has 0 saturated heterocycles. The molecule has 0 spiro atoms. The predicted octanol–water partition coefficient (Wildman–Crippen LogP) is 0.401. The Morgan fingerprint density at radius 2 is 2.20 bits per heavy atom. The zero-order valence-electron chi connectivity index (χ0n) is 13.3. The average molecular weight is 342 g/mol. The lowest BCUT2D eigenvalue weighted by Crippen LogP contribution is -2.23. The topological polar surface area (TPSA) is 157 Å². The zero-order chi connectivity index (χ0) is 18.0. The molecule has 128 valence electrons. The van der Waals surface area contributed by atoms with Crippen LogP contribution < -0.4 is 11.2 Å². The molecule has 2 aromatic heterocycles. The Bertz CT molecular complexity index is 959. The van der Waals surface area contributed by atoms with Crippen molar-refractivity contribution in [3.05, 3.63) is 41.2 Å². The van der Waals surface area contributed by atoms with Gasteiger partial charge in [-0.25, -0.2) is 10.1 Å². The summed E-state index contributed by atoms with van der Waals surface area (Å²) in [5.74, 6) is -0.437. The largest absolute Gasteiger partial charge is 0.508 e. The molecule has 0 radical (unpaired) electrons. The molecule has 2 heterocycles. The van der Waals surface area contributed by atoms with Crippen molar-refractivity contribution in [1.29, 1.82) is 0 Å². The number of hydrazone groups is 1. The summed E-state index contributed by atoms with van der Waals surface area (Å²) < 4.78 is 5.64. The molecule has 25 heavy (non-hydrogen) atoms. The smallest absolute Gasteiger partial charge is 0.292 e. The van der Waals surface area contributed by atoms with E-state index in [1.807, 2.05) is 0 Å². The number of nitrogens with zero attached hydrogens (tertiary/aromatic N) is 6. The number of carbonyl (C=O) groups excluding carboxylic acids is 1.